The molecule has 0 atom stereocenters. The highest BCUT2D eigenvalue weighted by atomic mass is 79.9. The number of nitrogens with zero attached hydrogens (tertiary/aromatic N) is 2. The van der Waals surface area contributed by atoms with Crippen molar-refractivity contribution >= 4 is 39.1 Å². The Labute approximate surface area is 98.2 Å². The molecule has 2 aromatic rings. The summed E-state index contributed by atoms with van der Waals surface area (Å²) in [5.41, 5.74) is 0.726. The quantitative estimate of drug-likeness (QED) is 0.802. The van der Waals surface area contributed by atoms with Crippen molar-refractivity contribution in [1.82, 2.24) is 10.2 Å². The van der Waals surface area contributed by atoms with E-state index in [1.807, 2.05) is 6.07 Å². The van der Waals surface area contributed by atoms with Gasteiger partial charge in [0.25, 0.3) is 0 Å². The van der Waals surface area contributed by atoms with Crippen LogP contribution in [0.5, 0.6) is 0 Å². The molecule has 0 spiro atoms. The molecule has 1 aromatic carbocycles. The maximum atomic E-state index is 5.85. The summed E-state index contributed by atoms with van der Waals surface area (Å²) in [7, 11) is 0. The first-order chi connectivity index (χ1) is 6.65. The predicted octanol–water partition coefficient (Wildman–Crippen LogP) is 3.81. The Kier molecular flexibility index (Phi) is 2.76. The van der Waals surface area contributed by atoms with Crippen molar-refractivity contribution in [2.45, 2.75) is 0 Å². The van der Waals surface area contributed by atoms with E-state index in [0.29, 0.717) is 10.9 Å². The molecule has 0 aliphatic heterocycles. The number of rotatable bonds is 1. The minimum Gasteiger partial charge on any atom is -0.407 e. The molecule has 0 fully saturated rings. The summed E-state index contributed by atoms with van der Waals surface area (Å²) in [6.45, 7) is 0. The lowest BCUT2D eigenvalue weighted by atomic mass is 10.2. The van der Waals surface area contributed by atoms with Crippen LogP contribution in [0.15, 0.2) is 27.1 Å². The average molecular weight is 294 g/mol. The minimum absolute atomic E-state index is 0.0103. The van der Waals surface area contributed by atoms with E-state index >= 15 is 0 Å². The Bertz CT molecular complexity index is 452. The van der Waals surface area contributed by atoms with Gasteiger partial charge in [-0.2, -0.15) is 0 Å². The van der Waals surface area contributed by atoms with E-state index in [-0.39, 0.29) is 5.35 Å². The van der Waals surface area contributed by atoms with Crippen molar-refractivity contribution in [2.75, 3.05) is 0 Å². The smallest absolute Gasteiger partial charge is 0.313 e. The number of halogens is 3. The summed E-state index contributed by atoms with van der Waals surface area (Å²) in [6, 6.07) is 5.30. The number of benzene rings is 1. The Morgan fingerprint density at radius 3 is 2.50 bits per heavy atom. The van der Waals surface area contributed by atoms with E-state index in [9.17, 15) is 0 Å². The van der Waals surface area contributed by atoms with Gasteiger partial charge in [0.1, 0.15) is 0 Å². The van der Waals surface area contributed by atoms with Crippen LogP contribution in [0.2, 0.25) is 10.4 Å². The van der Waals surface area contributed by atoms with Gasteiger partial charge >= 0.3 is 5.35 Å². The fourth-order valence-corrected chi connectivity index (χ4v) is 1.97. The van der Waals surface area contributed by atoms with Gasteiger partial charge in [-0.25, -0.2) is 0 Å². The van der Waals surface area contributed by atoms with Gasteiger partial charge in [0.05, 0.1) is 0 Å². The largest absolute Gasteiger partial charge is 0.407 e. The van der Waals surface area contributed by atoms with Crippen molar-refractivity contribution in [3.8, 4) is 11.5 Å². The van der Waals surface area contributed by atoms with Gasteiger partial charge in [0.2, 0.25) is 5.89 Å². The molecule has 0 amide bonds. The van der Waals surface area contributed by atoms with Crippen LogP contribution in [0.3, 0.4) is 0 Å². The van der Waals surface area contributed by atoms with Crippen LogP contribution in [0.4, 0.5) is 0 Å². The number of hydrogen-bond donors (Lipinski definition) is 0. The Balaban J connectivity index is 2.51. The molecule has 72 valence electrons. The molecule has 0 saturated carbocycles. The van der Waals surface area contributed by atoms with Gasteiger partial charge in [-0.1, -0.05) is 32.6 Å². The van der Waals surface area contributed by atoms with Crippen LogP contribution in [0.25, 0.3) is 11.5 Å². The second-order valence-corrected chi connectivity index (χ2v) is 4.19. The van der Waals surface area contributed by atoms with Crippen molar-refractivity contribution in [3.63, 3.8) is 0 Å². The zero-order valence-corrected chi connectivity index (χ0v) is 9.77. The number of hydrogen-bond acceptors (Lipinski definition) is 3. The molecule has 6 heteroatoms. The predicted molar refractivity (Wildman–Crippen MR) is 57.5 cm³/mol. The van der Waals surface area contributed by atoms with Crippen molar-refractivity contribution < 1.29 is 4.42 Å². The molecule has 0 radical (unpaired) electrons. The fourth-order valence-electron chi connectivity index (χ4n) is 0.999. The molecule has 3 nitrogen and oxygen atoms in total. The summed E-state index contributed by atoms with van der Waals surface area (Å²) in [6.07, 6.45) is 0. The Morgan fingerprint density at radius 1 is 1.14 bits per heavy atom. The van der Waals surface area contributed by atoms with Crippen molar-refractivity contribution in [2.24, 2.45) is 0 Å². The normalized spacial score (nSPS) is 10.5. The van der Waals surface area contributed by atoms with Gasteiger partial charge in [-0.15, -0.1) is 5.10 Å². The standard InChI is InChI=1S/C8H3BrCl2N2O/c9-5-1-4(2-6(10)3-5)7-12-13-8(11)14-7/h1-3H. The number of aromatic nitrogens is 2. The molecule has 0 N–H and O–H groups in total. The highest BCUT2D eigenvalue weighted by Crippen LogP contribution is 2.27. The maximum Gasteiger partial charge on any atom is 0.313 e. The van der Waals surface area contributed by atoms with Crippen LogP contribution < -0.4 is 0 Å². The molecule has 0 bridgehead atoms. The second kappa shape index (κ2) is 3.88. The van der Waals surface area contributed by atoms with Gasteiger partial charge in [0.15, 0.2) is 0 Å². The maximum absolute atomic E-state index is 5.85. The molecule has 0 aliphatic rings. The SMILES string of the molecule is Clc1cc(Br)cc(-c2nnc(Cl)o2)c1. The highest BCUT2D eigenvalue weighted by Gasteiger charge is 2.08. The molecule has 14 heavy (non-hydrogen) atoms. The summed E-state index contributed by atoms with van der Waals surface area (Å²) in [5, 5.41) is 7.88. The summed E-state index contributed by atoms with van der Waals surface area (Å²) in [5.74, 6) is 0.346. The lowest BCUT2D eigenvalue weighted by Crippen LogP contribution is -1.78. The molecule has 0 saturated heterocycles. The first-order valence-corrected chi connectivity index (χ1v) is 5.15. The molecule has 0 aliphatic carbocycles. The van der Waals surface area contributed by atoms with Crippen LogP contribution in [-0.4, -0.2) is 10.2 Å². The molecule has 0 unspecified atom stereocenters. The first-order valence-electron chi connectivity index (χ1n) is 3.60. The van der Waals surface area contributed by atoms with E-state index in [1.54, 1.807) is 12.1 Å². The van der Waals surface area contributed by atoms with Crippen molar-refractivity contribution in [3.05, 3.63) is 33.0 Å². The third-order valence-electron chi connectivity index (χ3n) is 1.51. The zero-order valence-electron chi connectivity index (χ0n) is 6.67. The van der Waals surface area contributed by atoms with Crippen LogP contribution in [-0.2, 0) is 0 Å². The second-order valence-electron chi connectivity index (χ2n) is 2.52. The third kappa shape index (κ3) is 2.08. The van der Waals surface area contributed by atoms with Crippen LogP contribution in [0.1, 0.15) is 0 Å². The van der Waals surface area contributed by atoms with E-state index < -0.39 is 0 Å². The molecule has 1 heterocycles. The van der Waals surface area contributed by atoms with Gasteiger partial charge in [-0.05, 0) is 29.8 Å². The van der Waals surface area contributed by atoms with E-state index in [4.69, 9.17) is 27.6 Å². The molecular weight excluding hydrogens is 291 g/mol. The Morgan fingerprint density at radius 2 is 1.93 bits per heavy atom. The molecule has 2 rings (SSSR count). The van der Waals surface area contributed by atoms with E-state index in [2.05, 4.69) is 26.1 Å². The summed E-state index contributed by atoms with van der Waals surface area (Å²) < 4.78 is 5.89. The first kappa shape index (κ1) is 9.96. The Hall–Kier alpha value is -0.580. The molecule has 1 aromatic heterocycles. The fraction of sp³-hybridized carbons (Fsp3) is 0. The topological polar surface area (TPSA) is 38.9 Å². The van der Waals surface area contributed by atoms with Crippen LogP contribution >= 0.6 is 39.1 Å². The highest BCUT2D eigenvalue weighted by molar-refractivity contribution is 9.10. The third-order valence-corrected chi connectivity index (χ3v) is 2.34. The molecular formula is C8H3BrCl2N2O. The lowest BCUT2D eigenvalue weighted by Gasteiger charge is -1.97. The zero-order chi connectivity index (χ0) is 10.1. The van der Waals surface area contributed by atoms with Gasteiger partial charge < -0.3 is 4.42 Å². The minimum atomic E-state index is 0.0103. The average Bonchev–Trinajstić information content (AvgIpc) is 2.50. The van der Waals surface area contributed by atoms with Crippen LogP contribution in [0, 0.1) is 0 Å². The summed E-state index contributed by atoms with van der Waals surface area (Å²) in [4.78, 5) is 0. The lowest BCUT2D eigenvalue weighted by molar-refractivity contribution is 0.571. The van der Waals surface area contributed by atoms with Gasteiger partial charge in [0, 0.05) is 15.1 Å². The summed E-state index contributed by atoms with van der Waals surface area (Å²) >= 11 is 14.7. The monoisotopic (exact) mass is 292 g/mol. The van der Waals surface area contributed by atoms with E-state index in [0.717, 1.165) is 10.0 Å². The van der Waals surface area contributed by atoms with E-state index in [1.165, 1.54) is 0 Å². The van der Waals surface area contributed by atoms with Crippen molar-refractivity contribution in [1.29, 1.82) is 0 Å². The van der Waals surface area contributed by atoms with Gasteiger partial charge in [-0.3, -0.25) is 0 Å².